The van der Waals surface area contributed by atoms with Crippen molar-refractivity contribution in [3.05, 3.63) is 41.5 Å². The van der Waals surface area contributed by atoms with E-state index in [2.05, 4.69) is 9.97 Å². The summed E-state index contributed by atoms with van der Waals surface area (Å²) in [5, 5.41) is 0. The smallest absolute Gasteiger partial charge is 0.368 e. The van der Waals surface area contributed by atoms with Crippen molar-refractivity contribution in [2.24, 2.45) is 5.92 Å². The van der Waals surface area contributed by atoms with Crippen LogP contribution in [-0.2, 0) is 16.0 Å². The monoisotopic (exact) mass is 559 g/mol. The number of aromatic nitrogens is 2. The van der Waals surface area contributed by atoms with E-state index in [9.17, 15) is 30.8 Å². The highest BCUT2D eigenvalue weighted by Crippen LogP contribution is 2.34. The van der Waals surface area contributed by atoms with Crippen LogP contribution < -0.4 is 9.80 Å². The van der Waals surface area contributed by atoms with Gasteiger partial charge in [-0.15, -0.1) is 0 Å². The van der Waals surface area contributed by atoms with E-state index in [-0.39, 0.29) is 24.5 Å². The van der Waals surface area contributed by atoms with Gasteiger partial charge in [-0.25, -0.2) is 22.8 Å². The second-order valence-electron chi connectivity index (χ2n) is 9.85. The zero-order valence-electron chi connectivity index (χ0n) is 22.1. The molecule has 0 bridgehead atoms. The molecule has 1 fully saturated rings. The summed E-state index contributed by atoms with van der Waals surface area (Å²) >= 11 is 0. The van der Waals surface area contributed by atoms with Gasteiger partial charge in [0.1, 0.15) is 10.7 Å². The number of piperazine rings is 1. The van der Waals surface area contributed by atoms with Crippen LogP contribution in [0.15, 0.2) is 29.3 Å². The number of rotatable bonds is 8. The molecule has 1 aromatic carbocycles. The maximum absolute atomic E-state index is 14.1. The van der Waals surface area contributed by atoms with Gasteiger partial charge in [-0.2, -0.15) is 13.2 Å². The summed E-state index contributed by atoms with van der Waals surface area (Å²) in [6, 6.07) is 3.50. The van der Waals surface area contributed by atoms with Crippen LogP contribution in [0, 0.1) is 11.7 Å². The van der Waals surface area contributed by atoms with Crippen LogP contribution in [0.1, 0.15) is 49.7 Å². The SMILES string of the molecule is CCCCN(C)C(=O)c1cnc(N2CCN(c3ccc(F)c(S(C)(=O)=O)c3)C[C@H]2C(C)C)nc1C(F)(F)F. The molecule has 38 heavy (non-hydrogen) atoms. The van der Waals surface area contributed by atoms with Crippen molar-refractivity contribution in [3.8, 4) is 0 Å². The molecule has 0 radical (unpaired) electrons. The molecular weight excluding hydrogens is 526 g/mol. The number of anilines is 2. The van der Waals surface area contributed by atoms with Gasteiger partial charge >= 0.3 is 6.18 Å². The first kappa shape index (κ1) is 29.6. The highest BCUT2D eigenvalue weighted by Gasteiger charge is 2.40. The summed E-state index contributed by atoms with van der Waals surface area (Å²) < 4.78 is 80.1. The van der Waals surface area contributed by atoms with Crippen molar-refractivity contribution < 1.29 is 30.8 Å². The van der Waals surface area contributed by atoms with E-state index in [1.165, 1.54) is 24.1 Å². The average molecular weight is 560 g/mol. The van der Waals surface area contributed by atoms with Gasteiger partial charge in [-0.05, 0) is 30.5 Å². The normalized spacial score (nSPS) is 16.7. The topological polar surface area (TPSA) is 86.7 Å². The molecule has 1 atom stereocenters. The molecule has 0 aliphatic carbocycles. The van der Waals surface area contributed by atoms with E-state index in [1.807, 2.05) is 25.7 Å². The van der Waals surface area contributed by atoms with Crippen LogP contribution in [0.2, 0.25) is 0 Å². The molecule has 0 spiro atoms. The first-order chi connectivity index (χ1) is 17.6. The Morgan fingerprint density at radius 3 is 2.50 bits per heavy atom. The summed E-state index contributed by atoms with van der Waals surface area (Å²) in [5.74, 6) is -1.83. The predicted octanol–water partition coefficient (Wildman–Crippen LogP) is 4.26. The summed E-state index contributed by atoms with van der Waals surface area (Å²) in [6.07, 6.45) is -1.55. The van der Waals surface area contributed by atoms with Gasteiger partial charge in [-0.1, -0.05) is 27.2 Å². The number of benzene rings is 1. The van der Waals surface area contributed by atoms with Gasteiger partial charge in [0, 0.05) is 51.4 Å². The molecule has 3 rings (SSSR count). The third kappa shape index (κ3) is 6.54. The third-order valence-corrected chi connectivity index (χ3v) is 7.70. The molecule has 13 heteroatoms. The molecule has 2 heterocycles. The minimum atomic E-state index is -4.86. The minimum absolute atomic E-state index is 0.0490. The van der Waals surface area contributed by atoms with Crippen molar-refractivity contribution in [2.75, 3.05) is 49.3 Å². The molecule has 0 N–H and O–H groups in total. The Balaban J connectivity index is 1.94. The molecule has 1 amide bonds. The lowest BCUT2D eigenvalue weighted by molar-refractivity contribution is -0.141. The van der Waals surface area contributed by atoms with E-state index in [4.69, 9.17) is 0 Å². The lowest BCUT2D eigenvalue weighted by Crippen LogP contribution is -2.56. The fourth-order valence-electron chi connectivity index (χ4n) is 4.42. The molecule has 1 aromatic heterocycles. The number of alkyl halides is 3. The first-order valence-corrected chi connectivity index (χ1v) is 14.2. The van der Waals surface area contributed by atoms with Crippen molar-refractivity contribution in [1.82, 2.24) is 14.9 Å². The number of amides is 1. The van der Waals surface area contributed by atoms with E-state index in [1.54, 1.807) is 4.90 Å². The van der Waals surface area contributed by atoms with Gasteiger partial charge < -0.3 is 14.7 Å². The fourth-order valence-corrected chi connectivity index (χ4v) is 5.18. The van der Waals surface area contributed by atoms with Crippen LogP contribution in [0.3, 0.4) is 0 Å². The molecule has 1 aliphatic rings. The minimum Gasteiger partial charge on any atom is -0.368 e. The fraction of sp³-hybridized carbons (Fsp3) is 0.560. The lowest BCUT2D eigenvalue weighted by atomic mass is 9.99. The van der Waals surface area contributed by atoms with E-state index >= 15 is 0 Å². The van der Waals surface area contributed by atoms with Crippen LogP contribution in [-0.4, -0.2) is 74.7 Å². The van der Waals surface area contributed by atoms with Crippen LogP contribution >= 0.6 is 0 Å². The zero-order valence-corrected chi connectivity index (χ0v) is 22.9. The maximum Gasteiger partial charge on any atom is 0.434 e. The summed E-state index contributed by atoms with van der Waals surface area (Å²) in [4.78, 5) is 25.1. The number of nitrogens with zero attached hydrogens (tertiary/aromatic N) is 5. The summed E-state index contributed by atoms with van der Waals surface area (Å²) in [6.45, 7) is 6.90. The number of sulfone groups is 1. The Kier molecular flexibility index (Phi) is 8.89. The van der Waals surface area contributed by atoms with E-state index < -0.39 is 43.9 Å². The molecule has 1 aliphatic heterocycles. The largest absolute Gasteiger partial charge is 0.434 e. The van der Waals surface area contributed by atoms with Crippen molar-refractivity contribution in [3.63, 3.8) is 0 Å². The molecular formula is C25H33F4N5O3S. The highest BCUT2D eigenvalue weighted by atomic mass is 32.2. The van der Waals surface area contributed by atoms with Crippen molar-refractivity contribution in [2.45, 2.75) is 50.7 Å². The molecule has 0 unspecified atom stereocenters. The number of carbonyl (C=O) groups excluding carboxylic acids is 1. The predicted molar refractivity (Wildman–Crippen MR) is 137 cm³/mol. The van der Waals surface area contributed by atoms with E-state index in [0.29, 0.717) is 31.7 Å². The first-order valence-electron chi connectivity index (χ1n) is 12.4. The number of halogens is 4. The Labute approximate surface area is 220 Å². The van der Waals surface area contributed by atoms with Crippen LogP contribution in [0.4, 0.5) is 29.2 Å². The maximum atomic E-state index is 14.1. The van der Waals surface area contributed by atoms with Gasteiger partial charge in [0.15, 0.2) is 15.5 Å². The van der Waals surface area contributed by atoms with Gasteiger partial charge in [-0.3, -0.25) is 4.79 Å². The average Bonchev–Trinajstić information content (AvgIpc) is 2.85. The van der Waals surface area contributed by atoms with Crippen molar-refractivity contribution >= 4 is 27.4 Å². The second kappa shape index (κ2) is 11.4. The Hall–Kier alpha value is -2.96. The van der Waals surface area contributed by atoms with Crippen molar-refractivity contribution in [1.29, 1.82) is 0 Å². The highest BCUT2D eigenvalue weighted by molar-refractivity contribution is 7.90. The Morgan fingerprint density at radius 1 is 1.24 bits per heavy atom. The summed E-state index contributed by atoms with van der Waals surface area (Å²) in [7, 11) is -2.34. The van der Waals surface area contributed by atoms with Crippen LogP contribution in [0.25, 0.3) is 0 Å². The molecule has 0 saturated carbocycles. The van der Waals surface area contributed by atoms with Gasteiger partial charge in [0.05, 0.1) is 11.6 Å². The molecule has 1 saturated heterocycles. The number of unbranched alkanes of at least 4 members (excludes halogenated alkanes) is 1. The number of hydrogen-bond acceptors (Lipinski definition) is 7. The Morgan fingerprint density at radius 2 is 1.92 bits per heavy atom. The molecule has 8 nitrogen and oxygen atoms in total. The second-order valence-corrected chi connectivity index (χ2v) is 11.8. The zero-order chi connectivity index (χ0) is 28.4. The number of hydrogen-bond donors (Lipinski definition) is 0. The summed E-state index contributed by atoms with van der Waals surface area (Å²) in [5.41, 5.74) is -1.39. The lowest BCUT2D eigenvalue weighted by Gasteiger charge is -2.44. The van der Waals surface area contributed by atoms with Gasteiger partial charge in [0.2, 0.25) is 5.95 Å². The molecule has 2 aromatic rings. The quantitative estimate of drug-likeness (QED) is 0.447. The number of carbonyl (C=O) groups is 1. The van der Waals surface area contributed by atoms with Crippen LogP contribution in [0.5, 0.6) is 0 Å². The Bertz CT molecular complexity index is 1270. The molecule has 210 valence electrons. The van der Waals surface area contributed by atoms with E-state index in [0.717, 1.165) is 24.9 Å². The standard InChI is InChI=1S/C25H33F4N5O3S/c1-6-7-10-32(4)23(35)18-14-30-24(31-22(18)25(27,28)29)34-12-11-33(15-20(34)16(2)3)17-8-9-19(26)21(13-17)38(5,36)37/h8-9,13-14,16,20H,6-7,10-12,15H2,1-5H3/t20-/m0/s1. The van der Waals surface area contributed by atoms with Gasteiger partial charge in [0.25, 0.3) is 5.91 Å². The third-order valence-electron chi connectivity index (χ3n) is 6.59.